The molecule has 0 heterocycles. The lowest BCUT2D eigenvalue weighted by Gasteiger charge is -2.22. The third kappa shape index (κ3) is 3.77. The maximum atomic E-state index is 7.60. The highest BCUT2D eigenvalue weighted by Gasteiger charge is 2.09. The molecule has 0 saturated carbocycles. The third-order valence-electron chi connectivity index (χ3n) is 2.95. The molecule has 0 amide bonds. The van der Waals surface area contributed by atoms with Crippen molar-refractivity contribution in [2.24, 2.45) is 5.73 Å². The van der Waals surface area contributed by atoms with Gasteiger partial charge in [-0.2, -0.15) is 0 Å². The van der Waals surface area contributed by atoms with E-state index in [9.17, 15) is 0 Å². The molecular formula is C14H23N3. The van der Waals surface area contributed by atoms with Crippen LogP contribution >= 0.6 is 0 Å². The first-order valence-corrected chi connectivity index (χ1v) is 6.22. The molecule has 0 spiro atoms. The summed E-state index contributed by atoms with van der Waals surface area (Å²) in [6, 6.07) is 6.03. The highest BCUT2D eigenvalue weighted by atomic mass is 15.1. The van der Waals surface area contributed by atoms with E-state index < -0.39 is 0 Å². The van der Waals surface area contributed by atoms with E-state index in [0.29, 0.717) is 0 Å². The number of rotatable bonds is 6. The Labute approximate surface area is 104 Å². The maximum Gasteiger partial charge on any atom is 0.124 e. The van der Waals surface area contributed by atoms with Crippen LogP contribution in [0.1, 0.15) is 37.3 Å². The number of unbranched alkanes of at least 4 members (excludes halogenated alkanes) is 2. The normalized spacial score (nSPS) is 10.3. The molecule has 0 aromatic heterocycles. The lowest BCUT2D eigenvalue weighted by Crippen LogP contribution is -2.23. The molecule has 0 radical (unpaired) electrons. The van der Waals surface area contributed by atoms with Gasteiger partial charge >= 0.3 is 0 Å². The lowest BCUT2D eigenvalue weighted by atomic mass is 10.1. The molecule has 0 saturated heterocycles. The first-order valence-electron chi connectivity index (χ1n) is 6.22. The molecule has 0 aliphatic carbocycles. The molecule has 0 fully saturated rings. The lowest BCUT2D eigenvalue weighted by molar-refractivity contribution is 0.705. The Morgan fingerprint density at radius 2 is 2.06 bits per heavy atom. The molecule has 1 aromatic rings. The Hall–Kier alpha value is -1.51. The van der Waals surface area contributed by atoms with Crippen molar-refractivity contribution < 1.29 is 0 Å². The summed E-state index contributed by atoms with van der Waals surface area (Å²) < 4.78 is 0. The Morgan fingerprint density at radius 3 is 2.65 bits per heavy atom. The van der Waals surface area contributed by atoms with Gasteiger partial charge in [0.15, 0.2) is 0 Å². The molecule has 3 heteroatoms. The third-order valence-corrected chi connectivity index (χ3v) is 2.95. The highest BCUT2D eigenvalue weighted by Crippen LogP contribution is 2.21. The van der Waals surface area contributed by atoms with Gasteiger partial charge in [0.05, 0.1) is 0 Å². The molecule has 1 rings (SSSR count). The number of nitrogens with two attached hydrogens (primary N) is 1. The molecule has 0 aliphatic rings. The maximum absolute atomic E-state index is 7.60. The standard InChI is InChI=1S/C14H23N3/c1-4-5-6-9-17(3)13-10-11(2)7-8-12(13)14(15)16/h7-8,10H,4-6,9H2,1-3H3,(H3,15,16). The number of benzene rings is 1. The zero-order valence-electron chi connectivity index (χ0n) is 11.1. The zero-order chi connectivity index (χ0) is 12.8. The van der Waals surface area contributed by atoms with E-state index in [1.807, 2.05) is 12.1 Å². The number of nitrogens with one attached hydrogen (secondary N) is 1. The van der Waals surface area contributed by atoms with Crippen molar-refractivity contribution in [2.45, 2.75) is 33.1 Å². The first kappa shape index (κ1) is 13.6. The summed E-state index contributed by atoms with van der Waals surface area (Å²) in [5.74, 6) is 0.141. The average molecular weight is 233 g/mol. The van der Waals surface area contributed by atoms with Gasteiger partial charge in [-0.05, 0) is 31.0 Å². The number of amidine groups is 1. The van der Waals surface area contributed by atoms with Gasteiger partial charge in [0.25, 0.3) is 0 Å². The van der Waals surface area contributed by atoms with Crippen molar-refractivity contribution in [2.75, 3.05) is 18.5 Å². The fraction of sp³-hybridized carbons (Fsp3) is 0.500. The fourth-order valence-corrected chi connectivity index (χ4v) is 1.90. The van der Waals surface area contributed by atoms with Crippen LogP contribution in [-0.4, -0.2) is 19.4 Å². The van der Waals surface area contributed by atoms with E-state index in [0.717, 1.165) is 17.8 Å². The van der Waals surface area contributed by atoms with Gasteiger partial charge in [-0.15, -0.1) is 0 Å². The second kappa shape index (κ2) is 6.28. The summed E-state index contributed by atoms with van der Waals surface area (Å²) in [5, 5.41) is 7.60. The Bertz CT molecular complexity index is 385. The summed E-state index contributed by atoms with van der Waals surface area (Å²) in [6.45, 7) is 5.28. The monoisotopic (exact) mass is 233 g/mol. The molecule has 3 N–H and O–H groups in total. The van der Waals surface area contributed by atoms with Gasteiger partial charge in [-0.3, -0.25) is 5.41 Å². The van der Waals surface area contributed by atoms with Crippen molar-refractivity contribution in [1.82, 2.24) is 0 Å². The number of aryl methyl sites for hydroxylation is 1. The van der Waals surface area contributed by atoms with E-state index in [1.54, 1.807) is 0 Å². The van der Waals surface area contributed by atoms with E-state index >= 15 is 0 Å². The summed E-state index contributed by atoms with van der Waals surface area (Å²) in [6.07, 6.45) is 3.64. The molecule has 17 heavy (non-hydrogen) atoms. The first-order chi connectivity index (χ1) is 8.06. The van der Waals surface area contributed by atoms with Crippen LogP contribution in [0, 0.1) is 12.3 Å². The molecular weight excluding hydrogens is 210 g/mol. The predicted molar refractivity (Wildman–Crippen MR) is 75.0 cm³/mol. The van der Waals surface area contributed by atoms with E-state index in [2.05, 4.69) is 31.9 Å². The molecule has 0 atom stereocenters. The number of nitrogen functional groups attached to an aromatic ring is 1. The number of hydrogen-bond donors (Lipinski definition) is 2. The Balaban J connectivity index is 2.86. The second-order valence-electron chi connectivity index (χ2n) is 4.56. The van der Waals surface area contributed by atoms with Crippen molar-refractivity contribution in [3.8, 4) is 0 Å². The average Bonchev–Trinajstić information content (AvgIpc) is 2.28. The van der Waals surface area contributed by atoms with Crippen LogP contribution in [0.2, 0.25) is 0 Å². The molecule has 1 aromatic carbocycles. The summed E-state index contributed by atoms with van der Waals surface area (Å²) in [7, 11) is 2.07. The molecule has 0 unspecified atom stereocenters. The van der Waals surface area contributed by atoms with Crippen molar-refractivity contribution in [3.05, 3.63) is 29.3 Å². The minimum absolute atomic E-state index is 0.141. The SMILES string of the molecule is CCCCCN(C)c1cc(C)ccc1C(=N)N. The molecule has 94 valence electrons. The second-order valence-corrected chi connectivity index (χ2v) is 4.56. The van der Waals surface area contributed by atoms with Gasteiger partial charge in [0.1, 0.15) is 5.84 Å². The van der Waals surface area contributed by atoms with Crippen LogP contribution in [0.25, 0.3) is 0 Å². The van der Waals surface area contributed by atoms with Crippen LogP contribution in [0.5, 0.6) is 0 Å². The fourth-order valence-electron chi connectivity index (χ4n) is 1.90. The van der Waals surface area contributed by atoms with Crippen LogP contribution in [0.4, 0.5) is 5.69 Å². The van der Waals surface area contributed by atoms with Crippen LogP contribution < -0.4 is 10.6 Å². The molecule has 0 bridgehead atoms. The topological polar surface area (TPSA) is 53.1 Å². The summed E-state index contributed by atoms with van der Waals surface area (Å²) >= 11 is 0. The quantitative estimate of drug-likeness (QED) is 0.451. The van der Waals surface area contributed by atoms with Crippen LogP contribution in [0.15, 0.2) is 18.2 Å². The van der Waals surface area contributed by atoms with Gasteiger partial charge in [-0.25, -0.2) is 0 Å². The van der Waals surface area contributed by atoms with Gasteiger partial charge < -0.3 is 10.6 Å². The highest BCUT2D eigenvalue weighted by molar-refractivity contribution is 6.00. The molecule has 0 aliphatic heterocycles. The molecule has 3 nitrogen and oxygen atoms in total. The summed E-state index contributed by atoms with van der Waals surface area (Å²) in [5.41, 5.74) is 8.71. The largest absolute Gasteiger partial charge is 0.384 e. The van der Waals surface area contributed by atoms with Crippen LogP contribution in [-0.2, 0) is 0 Å². The number of hydrogen-bond acceptors (Lipinski definition) is 2. The van der Waals surface area contributed by atoms with E-state index in [4.69, 9.17) is 11.1 Å². The van der Waals surface area contributed by atoms with Gasteiger partial charge in [-0.1, -0.05) is 25.8 Å². The van der Waals surface area contributed by atoms with Crippen molar-refractivity contribution in [1.29, 1.82) is 5.41 Å². The Kier molecular flexibility index (Phi) is 5.01. The zero-order valence-corrected chi connectivity index (χ0v) is 11.1. The summed E-state index contributed by atoms with van der Waals surface area (Å²) in [4.78, 5) is 2.19. The minimum atomic E-state index is 0.141. The number of anilines is 1. The Morgan fingerprint density at radius 1 is 1.35 bits per heavy atom. The predicted octanol–water partition coefficient (Wildman–Crippen LogP) is 2.91. The number of nitrogens with zero attached hydrogens (tertiary/aromatic N) is 1. The minimum Gasteiger partial charge on any atom is -0.384 e. The van der Waals surface area contributed by atoms with E-state index in [-0.39, 0.29) is 5.84 Å². The van der Waals surface area contributed by atoms with Crippen molar-refractivity contribution >= 4 is 11.5 Å². The van der Waals surface area contributed by atoms with Crippen molar-refractivity contribution in [3.63, 3.8) is 0 Å². The van der Waals surface area contributed by atoms with Gasteiger partial charge in [0.2, 0.25) is 0 Å². The smallest absolute Gasteiger partial charge is 0.124 e. The van der Waals surface area contributed by atoms with Gasteiger partial charge in [0, 0.05) is 24.8 Å². The van der Waals surface area contributed by atoms with E-state index in [1.165, 1.54) is 24.8 Å². The van der Waals surface area contributed by atoms with Crippen LogP contribution in [0.3, 0.4) is 0 Å².